The van der Waals surface area contributed by atoms with E-state index in [2.05, 4.69) is 15.4 Å². The van der Waals surface area contributed by atoms with Crippen molar-refractivity contribution in [3.05, 3.63) is 72.6 Å². The van der Waals surface area contributed by atoms with Crippen molar-refractivity contribution in [3.8, 4) is 17.1 Å². The zero-order valence-electron chi connectivity index (χ0n) is 14.5. The molecule has 26 heavy (non-hydrogen) atoms. The minimum Gasteiger partial charge on any atom is -0.478 e. The second-order valence-electron chi connectivity index (χ2n) is 5.75. The normalized spacial score (nSPS) is 10.8. The third-order valence-electron chi connectivity index (χ3n) is 4.02. The van der Waals surface area contributed by atoms with Gasteiger partial charge in [0, 0.05) is 36.0 Å². The van der Waals surface area contributed by atoms with Gasteiger partial charge in [0.2, 0.25) is 5.88 Å². The summed E-state index contributed by atoms with van der Waals surface area (Å²) in [7, 11) is 0. The summed E-state index contributed by atoms with van der Waals surface area (Å²) in [4.78, 5) is 8.99. The van der Waals surface area contributed by atoms with Crippen LogP contribution in [0.4, 0.5) is 5.82 Å². The number of nitrogens with zero attached hydrogens (tertiary/aromatic N) is 4. The molecule has 0 unspecified atom stereocenters. The van der Waals surface area contributed by atoms with Crippen LogP contribution in [0.2, 0.25) is 0 Å². The van der Waals surface area contributed by atoms with Crippen LogP contribution in [0.5, 0.6) is 5.88 Å². The van der Waals surface area contributed by atoms with Crippen molar-refractivity contribution in [2.75, 3.05) is 11.9 Å². The van der Waals surface area contributed by atoms with E-state index in [9.17, 15) is 0 Å². The third kappa shape index (κ3) is 3.21. The van der Waals surface area contributed by atoms with E-state index < -0.39 is 0 Å². The second kappa shape index (κ2) is 7.23. The summed E-state index contributed by atoms with van der Waals surface area (Å²) in [6, 6.07) is 17.9. The predicted molar refractivity (Wildman–Crippen MR) is 101 cm³/mol. The third-order valence-corrected chi connectivity index (χ3v) is 4.02. The molecule has 0 spiro atoms. The molecule has 0 saturated heterocycles. The van der Waals surface area contributed by atoms with Crippen LogP contribution < -0.4 is 10.1 Å². The highest BCUT2D eigenvalue weighted by atomic mass is 16.5. The lowest BCUT2D eigenvalue weighted by molar-refractivity contribution is 0.323. The van der Waals surface area contributed by atoms with E-state index in [1.54, 1.807) is 16.9 Å². The van der Waals surface area contributed by atoms with Crippen LogP contribution >= 0.6 is 0 Å². The highest BCUT2D eigenvalue weighted by molar-refractivity contribution is 5.66. The van der Waals surface area contributed by atoms with E-state index in [-0.39, 0.29) is 0 Å². The van der Waals surface area contributed by atoms with E-state index in [1.807, 2.05) is 61.5 Å². The van der Waals surface area contributed by atoms with Crippen LogP contribution in [-0.4, -0.2) is 26.2 Å². The molecule has 1 N–H and O–H groups in total. The summed E-state index contributed by atoms with van der Waals surface area (Å²) in [6.07, 6.45) is 3.48. The zero-order valence-corrected chi connectivity index (χ0v) is 14.5. The largest absolute Gasteiger partial charge is 0.478 e. The van der Waals surface area contributed by atoms with Crippen LogP contribution in [0.3, 0.4) is 0 Å². The van der Waals surface area contributed by atoms with E-state index in [0.717, 1.165) is 28.3 Å². The molecule has 0 saturated carbocycles. The first kappa shape index (κ1) is 16.1. The van der Waals surface area contributed by atoms with Gasteiger partial charge in [-0.1, -0.05) is 36.4 Å². The van der Waals surface area contributed by atoms with Crippen molar-refractivity contribution in [1.29, 1.82) is 0 Å². The van der Waals surface area contributed by atoms with Gasteiger partial charge in [-0.3, -0.25) is 0 Å². The van der Waals surface area contributed by atoms with Gasteiger partial charge in [0.15, 0.2) is 5.65 Å². The maximum absolute atomic E-state index is 5.61. The van der Waals surface area contributed by atoms with Gasteiger partial charge in [0.1, 0.15) is 5.82 Å². The Balaban J connectivity index is 1.67. The molecule has 0 aliphatic carbocycles. The molecule has 4 aromatic rings. The van der Waals surface area contributed by atoms with Crippen LogP contribution in [0.1, 0.15) is 12.5 Å². The van der Waals surface area contributed by atoms with Gasteiger partial charge in [-0.15, -0.1) is 0 Å². The summed E-state index contributed by atoms with van der Waals surface area (Å²) >= 11 is 0. The average Bonchev–Trinajstić information content (AvgIpc) is 3.17. The second-order valence-corrected chi connectivity index (χ2v) is 5.75. The Morgan fingerprint density at radius 3 is 2.77 bits per heavy atom. The molecule has 1 aromatic carbocycles. The molecule has 3 heterocycles. The lowest BCUT2D eigenvalue weighted by Gasteiger charge is -2.12. The fourth-order valence-electron chi connectivity index (χ4n) is 2.81. The Labute approximate surface area is 151 Å². The van der Waals surface area contributed by atoms with Gasteiger partial charge >= 0.3 is 0 Å². The number of anilines is 1. The molecule has 0 aliphatic heterocycles. The highest BCUT2D eigenvalue weighted by Crippen LogP contribution is 2.23. The number of hydrogen-bond donors (Lipinski definition) is 1. The summed E-state index contributed by atoms with van der Waals surface area (Å²) in [5.74, 6) is 1.52. The van der Waals surface area contributed by atoms with Crippen molar-refractivity contribution >= 4 is 11.5 Å². The highest BCUT2D eigenvalue weighted by Gasteiger charge is 2.10. The number of aromatic nitrogens is 4. The number of rotatable bonds is 6. The molecule has 6 heteroatoms. The van der Waals surface area contributed by atoms with E-state index >= 15 is 0 Å². The monoisotopic (exact) mass is 345 g/mol. The molecule has 0 amide bonds. The Morgan fingerprint density at radius 1 is 1.04 bits per heavy atom. The standard InChI is InChI=1S/C20H19N5O/c1-2-26-20-16(9-6-11-21-20)14-22-19-13-17(15-7-4-3-5-8-15)24-18-10-12-23-25(18)19/h3-13,22H,2,14H2,1H3. The number of nitrogens with one attached hydrogen (secondary N) is 1. The molecule has 130 valence electrons. The molecule has 0 radical (unpaired) electrons. The number of ether oxygens (including phenoxy) is 1. The Kier molecular flexibility index (Phi) is 4.47. The minimum absolute atomic E-state index is 0.580. The maximum Gasteiger partial charge on any atom is 0.218 e. The van der Waals surface area contributed by atoms with Gasteiger partial charge in [0.25, 0.3) is 0 Å². The Hall–Kier alpha value is -3.41. The number of fused-ring (bicyclic) bond motifs is 1. The van der Waals surface area contributed by atoms with E-state index in [4.69, 9.17) is 9.72 Å². The molecular weight excluding hydrogens is 326 g/mol. The topological polar surface area (TPSA) is 64.3 Å². The Bertz CT molecular complexity index is 1010. The summed E-state index contributed by atoms with van der Waals surface area (Å²) < 4.78 is 7.40. The van der Waals surface area contributed by atoms with Crippen LogP contribution in [-0.2, 0) is 6.54 Å². The first-order valence-corrected chi connectivity index (χ1v) is 8.56. The summed E-state index contributed by atoms with van der Waals surface area (Å²) in [5.41, 5.74) is 3.76. The summed E-state index contributed by atoms with van der Waals surface area (Å²) in [5, 5.41) is 7.81. The number of pyridine rings is 1. The molecule has 0 bridgehead atoms. The van der Waals surface area contributed by atoms with Crippen molar-refractivity contribution in [2.24, 2.45) is 0 Å². The van der Waals surface area contributed by atoms with Gasteiger partial charge in [0.05, 0.1) is 18.5 Å². The zero-order chi connectivity index (χ0) is 17.8. The van der Waals surface area contributed by atoms with Crippen molar-refractivity contribution in [2.45, 2.75) is 13.5 Å². The van der Waals surface area contributed by atoms with Crippen LogP contribution in [0, 0.1) is 0 Å². The quantitative estimate of drug-likeness (QED) is 0.576. The number of benzene rings is 1. The van der Waals surface area contributed by atoms with Gasteiger partial charge in [-0.2, -0.15) is 9.61 Å². The lowest BCUT2D eigenvalue weighted by Crippen LogP contribution is -2.08. The first-order valence-electron chi connectivity index (χ1n) is 8.56. The van der Waals surface area contributed by atoms with E-state index in [1.165, 1.54) is 0 Å². The van der Waals surface area contributed by atoms with Crippen molar-refractivity contribution < 1.29 is 4.74 Å². The van der Waals surface area contributed by atoms with Crippen LogP contribution in [0.15, 0.2) is 67.0 Å². The molecule has 0 aliphatic rings. The Morgan fingerprint density at radius 2 is 1.92 bits per heavy atom. The van der Waals surface area contributed by atoms with Crippen molar-refractivity contribution in [1.82, 2.24) is 19.6 Å². The minimum atomic E-state index is 0.580. The predicted octanol–water partition coefficient (Wildman–Crippen LogP) is 3.80. The molecular formula is C20H19N5O. The molecule has 0 atom stereocenters. The molecule has 6 nitrogen and oxygen atoms in total. The van der Waals surface area contributed by atoms with Gasteiger partial charge in [-0.05, 0) is 13.0 Å². The average molecular weight is 345 g/mol. The molecule has 3 aromatic heterocycles. The molecule has 4 rings (SSSR count). The fourth-order valence-corrected chi connectivity index (χ4v) is 2.81. The first-order chi connectivity index (χ1) is 12.8. The van der Waals surface area contributed by atoms with Crippen molar-refractivity contribution in [3.63, 3.8) is 0 Å². The lowest BCUT2D eigenvalue weighted by atomic mass is 10.1. The SMILES string of the molecule is CCOc1ncccc1CNc1cc(-c2ccccc2)nc2ccnn12. The van der Waals surface area contributed by atoms with E-state index in [0.29, 0.717) is 19.0 Å². The smallest absolute Gasteiger partial charge is 0.218 e. The van der Waals surface area contributed by atoms with Gasteiger partial charge < -0.3 is 10.1 Å². The maximum atomic E-state index is 5.61. The number of hydrogen-bond acceptors (Lipinski definition) is 5. The van der Waals surface area contributed by atoms with Gasteiger partial charge in [-0.25, -0.2) is 9.97 Å². The molecule has 0 fully saturated rings. The summed E-state index contributed by atoms with van der Waals surface area (Å²) in [6.45, 7) is 3.12. The fraction of sp³-hybridized carbons (Fsp3) is 0.150. The van der Waals surface area contributed by atoms with Crippen LogP contribution in [0.25, 0.3) is 16.9 Å².